The van der Waals surface area contributed by atoms with Gasteiger partial charge in [-0.05, 0) is 49.2 Å². The van der Waals surface area contributed by atoms with Gasteiger partial charge in [-0.25, -0.2) is 4.98 Å². The third kappa shape index (κ3) is 6.35. The van der Waals surface area contributed by atoms with Crippen molar-refractivity contribution in [2.24, 2.45) is 5.73 Å². The van der Waals surface area contributed by atoms with Crippen molar-refractivity contribution in [1.29, 1.82) is 5.26 Å². The van der Waals surface area contributed by atoms with Crippen LogP contribution in [0, 0.1) is 11.3 Å². The molecular formula is C28H34N10O. The van der Waals surface area contributed by atoms with Gasteiger partial charge in [0.1, 0.15) is 11.9 Å². The van der Waals surface area contributed by atoms with Crippen LogP contribution in [0.4, 0.5) is 28.7 Å². The fraction of sp³-hybridized carbons (Fsp3) is 0.393. The van der Waals surface area contributed by atoms with E-state index in [1.165, 1.54) is 0 Å². The van der Waals surface area contributed by atoms with Crippen LogP contribution in [-0.4, -0.2) is 71.3 Å². The van der Waals surface area contributed by atoms with Crippen molar-refractivity contribution in [3.8, 4) is 6.07 Å². The van der Waals surface area contributed by atoms with Crippen LogP contribution >= 0.6 is 0 Å². The fourth-order valence-corrected chi connectivity index (χ4v) is 5.05. The molecule has 2 aromatic heterocycles. The molecule has 1 aromatic carbocycles. The normalized spacial score (nSPS) is 16.1. The molecule has 5 rings (SSSR count). The SMILES string of the molecule is CC(=O)N1CCN(c2ccc(Nc3cc(NC4CCN(c5ccc(C#N)cn5)CC4)c(CN)nn3)cc2)CC1. The molecule has 11 nitrogen and oxygen atoms in total. The summed E-state index contributed by atoms with van der Waals surface area (Å²) in [5.74, 6) is 1.68. The van der Waals surface area contributed by atoms with E-state index in [1.807, 2.05) is 35.2 Å². The summed E-state index contributed by atoms with van der Waals surface area (Å²) < 4.78 is 0. The molecule has 0 radical (unpaired) electrons. The minimum absolute atomic E-state index is 0.135. The highest BCUT2D eigenvalue weighted by Gasteiger charge is 2.22. The first-order valence-corrected chi connectivity index (χ1v) is 13.3. The number of nitriles is 1. The lowest BCUT2D eigenvalue weighted by molar-refractivity contribution is -0.129. The number of carbonyl (C=O) groups is 1. The molecule has 4 N–H and O–H groups in total. The minimum atomic E-state index is 0.135. The highest BCUT2D eigenvalue weighted by molar-refractivity contribution is 5.73. The lowest BCUT2D eigenvalue weighted by atomic mass is 10.0. The Morgan fingerprint density at radius 1 is 1.03 bits per heavy atom. The number of hydrogen-bond donors (Lipinski definition) is 3. The van der Waals surface area contributed by atoms with Gasteiger partial charge in [0.2, 0.25) is 5.91 Å². The Bertz CT molecular complexity index is 1310. The summed E-state index contributed by atoms with van der Waals surface area (Å²) in [6.07, 6.45) is 3.51. The van der Waals surface area contributed by atoms with Gasteiger partial charge >= 0.3 is 0 Å². The number of benzene rings is 1. The van der Waals surface area contributed by atoms with Crippen LogP contribution in [0.15, 0.2) is 48.7 Å². The van der Waals surface area contributed by atoms with Crippen LogP contribution in [0.2, 0.25) is 0 Å². The number of hydrogen-bond acceptors (Lipinski definition) is 10. The van der Waals surface area contributed by atoms with E-state index in [9.17, 15) is 4.79 Å². The first-order valence-electron chi connectivity index (χ1n) is 13.3. The van der Waals surface area contributed by atoms with Crippen LogP contribution in [-0.2, 0) is 11.3 Å². The van der Waals surface area contributed by atoms with Gasteiger partial charge in [-0.1, -0.05) is 0 Å². The Kier molecular flexibility index (Phi) is 8.03. The number of nitrogens with one attached hydrogen (secondary N) is 2. The van der Waals surface area contributed by atoms with Crippen LogP contribution in [0.3, 0.4) is 0 Å². The van der Waals surface area contributed by atoms with E-state index in [0.717, 1.165) is 80.7 Å². The predicted molar refractivity (Wildman–Crippen MR) is 152 cm³/mol. The standard InChI is InChI=1S/C28H34N10O/c1-20(39)36-12-14-37(15-13-36)24-5-3-22(4-6-24)33-27-16-25(26(18-30)34-35-27)32-23-8-10-38(11-9-23)28-7-2-21(17-29)19-31-28/h2-7,16,19,23H,8-15,18,30H2,1H3,(H2,32,33,35). The van der Waals surface area contributed by atoms with Crippen LogP contribution in [0.5, 0.6) is 0 Å². The van der Waals surface area contributed by atoms with E-state index in [-0.39, 0.29) is 11.9 Å². The number of nitrogens with zero attached hydrogens (tertiary/aromatic N) is 7. The molecule has 0 bridgehead atoms. The summed E-state index contributed by atoms with van der Waals surface area (Å²) in [5.41, 5.74) is 10.2. The van der Waals surface area contributed by atoms with Gasteiger partial charge < -0.3 is 31.1 Å². The number of nitrogens with two attached hydrogens (primary N) is 1. The molecule has 39 heavy (non-hydrogen) atoms. The number of rotatable bonds is 7. The molecule has 0 unspecified atom stereocenters. The van der Waals surface area contributed by atoms with Crippen molar-refractivity contribution < 1.29 is 4.79 Å². The molecule has 3 aromatic rings. The van der Waals surface area contributed by atoms with Crippen molar-refractivity contribution in [2.75, 3.05) is 59.7 Å². The molecule has 2 saturated heterocycles. The quantitative estimate of drug-likeness (QED) is 0.421. The van der Waals surface area contributed by atoms with Gasteiger partial charge in [-0.2, -0.15) is 5.26 Å². The summed E-state index contributed by atoms with van der Waals surface area (Å²) in [4.78, 5) is 22.4. The number of amides is 1. The zero-order chi connectivity index (χ0) is 27.2. The summed E-state index contributed by atoms with van der Waals surface area (Å²) in [6.45, 7) is 6.82. The second-order valence-corrected chi connectivity index (χ2v) is 9.88. The maximum absolute atomic E-state index is 11.6. The van der Waals surface area contributed by atoms with Gasteiger partial charge in [0.15, 0.2) is 5.82 Å². The molecule has 2 fully saturated rings. The van der Waals surface area contributed by atoms with Crippen molar-refractivity contribution in [1.82, 2.24) is 20.1 Å². The number of piperidine rings is 1. The van der Waals surface area contributed by atoms with E-state index < -0.39 is 0 Å². The number of piperazine rings is 1. The largest absolute Gasteiger partial charge is 0.380 e. The first kappa shape index (κ1) is 26.2. The monoisotopic (exact) mass is 526 g/mol. The first-order chi connectivity index (χ1) is 19.0. The van der Waals surface area contributed by atoms with Crippen molar-refractivity contribution >= 4 is 34.6 Å². The van der Waals surface area contributed by atoms with Crippen LogP contribution in [0.1, 0.15) is 31.0 Å². The average molecular weight is 527 g/mol. The van der Waals surface area contributed by atoms with Gasteiger partial charge in [-0.15, -0.1) is 10.2 Å². The molecule has 2 aliphatic heterocycles. The Labute approximate surface area is 228 Å². The van der Waals surface area contributed by atoms with E-state index in [4.69, 9.17) is 11.0 Å². The summed E-state index contributed by atoms with van der Waals surface area (Å²) >= 11 is 0. The van der Waals surface area contributed by atoms with Gasteiger partial charge in [0.05, 0.1) is 16.9 Å². The summed E-state index contributed by atoms with van der Waals surface area (Å²) in [5, 5.41) is 24.7. The van der Waals surface area contributed by atoms with E-state index in [1.54, 1.807) is 13.1 Å². The fourth-order valence-electron chi connectivity index (χ4n) is 5.05. The molecule has 1 amide bonds. The van der Waals surface area contributed by atoms with Gasteiger partial charge in [0.25, 0.3) is 0 Å². The molecule has 0 aliphatic carbocycles. The topological polar surface area (TPSA) is 139 Å². The van der Waals surface area contributed by atoms with Crippen molar-refractivity contribution in [3.05, 3.63) is 59.9 Å². The van der Waals surface area contributed by atoms with Crippen LogP contribution in [0.25, 0.3) is 0 Å². The number of pyridine rings is 1. The van der Waals surface area contributed by atoms with Crippen molar-refractivity contribution in [3.63, 3.8) is 0 Å². The average Bonchev–Trinajstić information content (AvgIpc) is 2.98. The highest BCUT2D eigenvalue weighted by Crippen LogP contribution is 2.26. The molecule has 0 atom stereocenters. The van der Waals surface area contributed by atoms with Crippen molar-refractivity contribution in [2.45, 2.75) is 32.4 Å². The molecule has 202 valence electrons. The Morgan fingerprint density at radius 2 is 1.77 bits per heavy atom. The maximum Gasteiger partial charge on any atom is 0.219 e. The summed E-state index contributed by atoms with van der Waals surface area (Å²) in [7, 11) is 0. The van der Waals surface area contributed by atoms with Gasteiger partial charge in [-0.3, -0.25) is 4.79 Å². The van der Waals surface area contributed by atoms with Gasteiger partial charge in [0, 0.05) is 82.4 Å². The molecule has 11 heteroatoms. The predicted octanol–water partition coefficient (Wildman–Crippen LogP) is 2.69. The highest BCUT2D eigenvalue weighted by atomic mass is 16.2. The minimum Gasteiger partial charge on any atom is -0.380 e. The maximum atomic E-state index is 11.6. The number of carbonyl (C=O) groups excluding carboxylic acids is 1. The molecule has 4 heterocycles. The Hall–Kier alpha value is -4.43. The van der Waals surface area contributed by atoms with E-state index in [0.29, 0.717) is 17.9 Å². The Morgan fingerprint density at radius 3 is 2.38 bits per heavy atom. The van der Waals surface area contributed by atoms with E-state index >= 15 is 0 Å². The molecule has 0 spiro atoms. The van der Waals surface area contributed by atoms with E-state index in [2.05, 4.69) is 53.8 Å². The third-order valence-electron chi connectivity index (χ3n) is 7.35. The second-order valence-electron chi connectivity index (χ2n) is 9.88. The molecular weight excluding hydrogens is 492 g/mol. The number of anilines is 5. The molecule has 2 aliphatic rings. The lowest BCUT2D eigenvalue weighted by Crippen LogP contribution is -2.48. The Balaban J connectivity index is 1.18. The molecule has 0 saturated carbocycles. The van der Waals surface area contributed by atoms with Crippen LogP contribution < -0.4 is 26.2 Å². The lowest BCUT2D eigenvalue weighted by Gasteiger charge is -2.35. The third-order valence-corrected chi connectivity index (χ3v) is 7.35. The number of aromatic nitrogens is 3. The smallest absolute Gasteiger partial charge is 0.219 e. The second kappa shape index (κ2) is 12.0. The zero-order valence-corrected chi connectivity index (χ0v) is 22.2. The zero-order valence-electron chi connectivity index (χ0n) is 22.2. The summed E-state index contributed by atoms with van der Waals surface area (Å²) in [6, 6.07) is 16.3.